The molecule has 1 aromatic carbocycles. The van der Waals surface area contributed by atoms with Gasteiger partial charge in [0.1, 0.15) is 5.75 Å². The fourth-order valence-electron chi connectivity index (χ4n) is 1.10. The van der Waals surface area contributed by atoms with E-state index in [2.05, 4.69) is 0 Å². The maximum Gasteiger partial charge on any atom is 0.303 e. The number of hydrogen-bond acceptors (Lipinski definition) is 3. The molecule has 0 atom stereocenters. The van der Waals surface area contributed by atoms with Gasteiger partial charge in [0.05, 0.1) is 0 Å². The van der Waals surface area contributed by atoms with Crippen LogP contribution in [0.25, 0.3) is 0 Å². The van der Waals surface area contributed by atoms with Crippen LogP contribution in [-0.4, -0.2) is 16.2 Å². The summed E-state index contributed by atoms with van der Waals surface area (Å²) in [5, 5.41) is 17.6. The summed E-state index contributed by atoms with van der Waals surface area (Å²) in [4.78, 5) is 10.2. The van der Waals surface area contributed by atoms with E-state index in [9.17, 15) is 4.79 Å². The third kappa shape index (κ3) is 3.02. The van der Waals surface area contributed by atoms with Gasteiger partial charge in [-0.1, -0.05) is 0 Å². The van der Waals surface area contributed by atoms with Crippen molar-refractivity contribution >= 4 is 11.7 Å². The first-order valence-corrected chi connectivity index (χ1v) is 3.88. The van der Waals surface area contributed by atoms with Crippen molar-refractivity contribution < 1.29 is 15.0 Å². The Morgan fingerprint density at radius 2 is 2.08 bits per heavy atom. The molecule has 0 aliphatic rings. The van der Waals surface area contributed by atoms with Gasteiger partial charge in [0.25, 0.3) is 0 Å². The quantitative estimate of drug-likeness (QED) is 0.607. The van der Waals surface area contributed by atoms with Crippen molar-refractivity contribution in [2.75, 3.05) is 5.73 Å². The minimum atomic E-state index is -0.859. The molecule has 0 fully saturated rings. The molecule has 1 rings (SSSR count). The third-order valence-electron chi connectivity index (χ3n) is 1.63. The second-order valence-corrected chi connectivity index (χ2v) is 2.83. The van der Waals surface area contributed by atoms with Crippen LogP contribution in [0.5, 0.6) is 5.75 Å². The van der Waals surface area contributed by atoms with E-state index in [0.29, 0.717) is 12.1 Å². The van der Waals surface area contributed by atoms with Crippen molar-refractivity contribution in [3.63, 3.8) is 0 Å². The zero-order chi connectivity index (χ0) is 9.84. The molecular formula is C9H11NO3. The molecule has 0 aliphatic carbocycles. The maximum absolute atomic E-state index is 10.2. The molecule has 0 amide bonds. The molecule has 0 aliphatic heterocycles. The summed E-state index contributed by atoms with van der Waals surface area (Å²) in [5.41, 5.74) is 6.64. The van der Waals surface area contributed by atoms with Gasteiger partial charge in [0.2, 0.25) is 0 Å². The molecular weight excluding hydrogens is 170 g/mol. The molecule has 1 aromatic rings. The molecule has 13 heavy (non-hydrogen) atoms. The largest absolute Gasteiger partial charge is 0.508 e. The average Bonchev–Trinajstić information content (AvgIpc) is 1.99. The Morgan fingerprint density at radius 1 is 1.38 bits per heavy atom. The SMILES string of the molecule is Nc1cc(O)cc(CCC(=O)O)c1. The predicted molar refractivity (Wildman–Crippen MR) is 48.5 cm³/mol. The zero-order valence-electron chi connectivity index (χ0n) is 7.03. The topological polar surface area (TPSA) is 83.5 Å². The first-order chi connectivity index (χ1) is 6.08. The molecule has 4 heteroatoms. The van der Waals surface area contributed by atoms with Gasteiger partial charge < -0.3 is 15.9 Å². The number of carboxylic acid groups (broad SMARTS) is 1. The number of aliphatic carboxylic acids is 1. The van der Waals surface area contributed by atoms with Crippen LogP contribution in [-0.2, 0) is 11.2 Å². The van der Waals surface area contributed by atoms with Crippen molar-refractivity contribution in [1.29, 1.82) is 0 Å². The average molecular weight is 181 g/mol. The van der Waals surface area contributed by atoms with Crippen LogP contribution in [0.15, 0.2) is 18.2 Å². The molecule has 0 saturated heterocycles. The van der Waals surface area contributed by atoms with Gasteiger partial charge in [0.15, 0.2) is 0 Å². The number of benzene rings is 1. The summed E-state index contributed by atoms with van der Waals surface area (Å²) in [5.74, 6) is -0.790. The number of nitrogens with two attached hydrogens (primary N) is 1. The van der Waals surface area contributed by atoms with E-state index < -0.39 is 5.97 Å². The molecule has 0 radical (unpaired) electrons. The maximum atomic E-state index is 10.2. The van der Waals surface area contributed by atoms with Crippen LogP contribution in [0.1, 0.15) is 12.0 Å². The molecule has 0 spiro atoms. The number of nitrogen functional groups attached to an aromatic ring is 1. The fourth-order valence-corrected chi connectivity index (χ4v) is 1.10. The number of carbonyl (C=O) groups is 1. The van der Waals surface area contributed by atoms with E-state index in [1.807, 2.05) is 0 Å². The molecule has 0 saturated carbocycles. The highest BCUT2D eigenvalue weighted by Crippen LogP contribution is 2.18. The minimum Gasteiger partial charge on any atom is -0.508 e. The van der Waals surface area contributed by atoms with Crippen molar-refractivity contribution in [2.24, 2.45) is 0 Å². The molecule has 0 unspecified atom stereocenters. The van der Waals surface area contributed by atoms with Gasteiger partial charge >= 0.3 is 5.97 Å². The van der Waals surface area contributed by atoms with E-state index in [0.717, 1.165) is 5.56 Å². The van der Waals surface area contributed by atoms with Gasteiger partial charge in [-0.05, 0) is 24.1 Å². The van der Waals surface area contributed by atoms with Crippen LogP contribution in [0.4, 0.5) is 5.69 Å². The number of aryl methyl sites for hydroxylation is 1. The Kier molecular flexibility index (Phi) is 2.74. The number of carboxylic acids is 1. The number of phenols is 1. The van der Waals surface area contributed by atoms with Crippen molar-refractivity contribution in [3.05, 3.63) is 23.8 Å². The van der Waals surface area contributed by atoms with Crippen molar-refractivity contribution in [3.8, 4) is 5.75 Å². The highest BCUT2D eigenvalue weighted by Gasteiger charge is 2.01. The number of hydrogen-bond donors (Lipinski definition) is 3. The van der Waals surface area contributed by atoms with E-state index in [1.54, 1.807) is 6.07 Å². The monoisotopic (exact) mass is 181 g/mol. The van der Waals surface area contributed by atoms with Crippen LogP contribution >= 0.6 is 0 Å². The second-order valence-electron chi connectivity index (χ2n) is 2.83. The Balaban J connectivity index is 2.71. The Labute approximate surface area is 75.6 Å². The van der Waals surface area contributed by atoms with Crippen LogP contribution in [0, 0.1) is 0 Å². The predicted octanol–water partition coefficient (Wildman–Crippen LogP) is 0.992. The first kappa shape index (κ1) is 9.38. The second kappa shape index (κ2) is 3.80. The van der Waals surface area contributed by atoms with Gasteiger partial charge in [-0.3, -0.25) is 4.79 Å². The molecule has 0 heterocycles. The van der Waals surface area contributed by atoms with Crippen LogP contribution in [0.3, 0.4) is 0 Å². The molecule has 0 bridgehead atoms. The van der Waals surface area contributed by atoms with Gasteiger partial charge in [-0.25, -0.2) is 0 Å². The van der Waals surface area contributed by atoms with Crippen LogP contribution in [0.2, 0.25) is 0 Å². The highest BCUT2D eigenvalue weighted by molar-refractivity contribution is 5.67. The summed E-state index contributed by atoms with van der Waals surface area (Å²) in [6.07, 6.45) is 0.427. The Hall–Kier alpha value is -1.71. The molecule has 4 N–H and O–H groups in total. The van der Waals surface area contributed by atoms with Gasteiger partial charge in [-0.2, -0.15) is 0 Å². The van der Waals surface area contributed by atoms with Crippen molar-refractivity contribution in [1.82, 2.24) is 0 Å². The summed E-state index contributed by atoms with van der Waals surface area (Å²) in [6, 6.07) is 4.59. The lowest BCUT2D eigenvalue weighted by molar-refractivity contribution is -0.136. The fraction of sp³-hybridized carbons (Fsp3) is 0.222. The molecule has 0 aromatic heterocycles. The van der Waals surface area contributed by atoms with E-state index in [-0.39, 0.29) is 12.2 Å². The van der Waals surface area contributed by atoms with Crippen molar-refractivity contribution in [2.45, 2.75) is 12.8 Å². The van der Waals surface area contributed by atoms with E-state index in [1.165, 1.54) is 12.1 Å². The smallest absolute Gasteiger partial charge is 0.303 e. The summed E-state index contributed by atoms with van der Waals surface area (Å²) >= 11 is 0. The molecule has 4 nitrogen and oxygen atoms in total. The third-order valence-corrected chi connectivity index (χ3v) is 1.63. The van der Waals surface area contributed by atoms with E-state index in [4.69, 9.17) is 15.9 Å². The summed E-state index contributed by atoms with van der Waals surface area (Å²) in [7, 11) is 0. The first-order valence-electron chi connectivity index (χ1n) is 3.88. The Morgan fingerprint density at radius 3 is 2.62 bits per heavy atom. The molecule has 70 valence electrons. The van der Waals surface area contributed by atoms with Crippen LogP contribution < -0.4 is 5.73 Å². The summed E-state index contributed by atoms with van der Waals surface area (Å²) < 4.78 is 0. The highest BCUT2D eigenvalue weighted by atomic mass is 16.4. The lowest BCUT2D eigenvalue weighted by Crippen LogP contribution is -1.98. The van der Waals surface area contributed by atoms with Gasteiger partial charge in [0, 0.05) is 18.2 Å². The zero-order valence-corrected chi connectivity index (χ0v) is 7.03. The minimum absolute atomic E-state index is 0.0445. The lowest BCUT2D eigenvalue weighted by atomic mass is 10.1. The number of anilines is 1. The Bertz CT molecular complexity index is 302. The normalized spacial score (nSPS) is 9.85. The lowest BCUT2D eigenvalue weighted by Gasteiger charge is -2.01. The number of rotatable bonds is 3. The van der Waals surface area contributed by atoms with E-state index >= 15 is 0 Å². The summed E-state index contributed by atoms with van der Waals surface area (Å²) in [6.45, 7) is 0. The van der Waals surface area contributed by atoms with Gasteiger partial charge in [-0.15, -0.1) is 0 Å². The number of phenolic OH excluding ortho intramolecular Hbond substituents is 1. The number of aromatic hydroxyl groups is 1. The standard InChI is InChI=1S/C9H11NO3/c10-7-3-6(1-2-9(12)13)4-8(11)5-7/h3-5,11H,1-2,10H2,(H,12,13).